The zero-order valence-corrected chi connectivity index (χ0v) is 19.8. The van der Waals surface area contributed by atoms with E-state index < -0.39 is 6.10 Å². The molecule has 3 rings (SSSR count). The maximum atomic E-state index is 13.2. The molecule has 1 unspecified atom stereocenters. The number of amides is 1. The van der Waals surface area contributed by atoms with Gasteiger partial charge in [0, 0.05) is 29.1 Å². The van der Waals surface area contributed by atoms with Crippen LogP contribution in [0, 0.1) is 17.1 Å². The Balaban J connectivity index is 1.89. The summed E-state index contributed by atoms with van der Waals surface area (Å²) in [5, 5.41) is 14.1. The topological polar surface area (TPSA) is 83.4 Å². The van der Waals surface area contributed by atoms with Crippen LogP contribution in [0.2, 0.25) is 0 Å². The molecular formula is C27H30FN3O3. The molecule has 6 nitrogen and oxygen atoms in total. The average molecular weight is 464 g/mol. The minimum Gasteiger partial charge on any atom is -0.497 e. The van der Waals surface area contributed by atoms with Gasteiger partial charge in [-0.1, -0.05) is 26.0 Å². The second kappa shape index (κ2) is 11.3. The van der Waals surface area contributed by atoms with Gasteiger partial charge in [0.2, 0.25) is 5.91 Å². The quantitative estimate of drug-likeness (QED) is 0.329. The molecule has 0 radical (unpaired) electrons. The van der Waals surface area contributed by atoms with Crippen molar-refractivity contribution in [3.05, 3.63) is 83.7 Å². The van der Waals surface area contributed by atoms with Crippen molar-refractivity contribution in [2.75, 3.05) is 12.4 Å². The van der Waals surface area contributed by atoms with Crippen LogP contribution in [0.25, 0.3) is 0 Å². The van der Waals surface area contributed by atoms with Gasteiger partial charge in [0.05, 0.1) is 13.2 Å². The normalized spacial score (nSPS) is 12.5. The highest BCUT2D eigenvalue weighted by molar-refractivity contribution is 5.88. The number of anilines is 2. The van der Waals surface area contributed by atoms with Crippen LogP contribution < -0.4 is 20.1 Å². The van der Waals surface area contributed by atoms with Crippen LogP contribution in [-0.4, -0.2) is 25.3 Å². The lowest BCUT2D eigenvalue weighted by Crippen LogP contribution is -2.41. The van der Waals surface area contributed by atoms with E-state index >= 15 is 0 Å². The molecule has 0 bridgehead atoms. The van der Waals surface area contributed by atoms with Gasteiger partial charge in [0.1, 0.15) is 23.4 Å². The Labute approximate surface area is 199 Å². The van der Waals surface area contributed by atoms with E-state index in [1.807, 2.05) is 45.0 Å². The maximum absolute atomic E-state index is 13.2. The van der Waals surface area contributed by atoms with Crippen molar-refractivity contribution in [3.63, 3.8) is 0 Å². The Kier molecular flexibility index (Phi) is 8.24. The second-order valence-corrected chi connectivity index (χ2v) is 8.29. The van der Waals surface area contributed by atoms with Crippen molar-refractivity contribution in [1.82, 2.24) is 5.32 Å². The predicted molar refractivity (Wildman–Crippen MR) is 133 cm³/mol. The fraction of sp³-hybridized carbons (Fsp3) is 0.259. The van der Waals surface area contributed by atoms with E-state index in [9.17, 15) is 9.18 Å². The van der Waals surface area contributed by atoms with Crippen molar-refractivity contribution in [1.29, 1.82) is 5.41 Å². The summed E-state index contributed by atoms with van der Waals surface area (Å²) in [5.74, 6) is 0.691. The zero-order valence-electron chi connectivity index (χ0n) is 19.8. The number of carbonyl (C=O) groups excluding carboxylic acids is 1. The Hall–Kier alpha value is -3.87. The van der Waals surface area contributed by atoms with Crippen LogP contribution in [0.4, 0.5) is 15.8 Å². The Bertz CT molecular complexity index is 1130. The molecule has 2 atom stereocenters. The number of benzene rings is 3. The fourth-order valence-corrected chi connectivity index (χ4v) is 3.43. The average Bonchev–Trinajstić information content (AvgIpc) is 2.84. The molecule has 0 heterocycles. The molecule has 3 aromatic carbocycles. The van der Waals surface area contributed by atoms with Crippen LogP contribution in [0.15, 0.2) is 66.7 Å². The third-order valence-electron chi connectivity index (χ3n) is 5.34. The predicted octanol–water partition coefficient (Wildman–Crippen LogP) is 5.86. The number of hydrogen-bond acceptors (Lipinski definition) is 5. The minimum atomic E-state index is -0.493. The summed E-state index contributed by atoms with van der Waals surface area (Å²) >= 11 is 0. The summed E-state index contributed by atoms with van der Waals surface area (Å²) in [4.78, 5) is 12.4. The van der Waals surface area contributed by atoms with Crippen LogP contribution in [0.5, 0.6) is 11.5 Å². The van der Waals surface area contributed by atoms with Gasteiger partial charge >= 0.3 is 0 Å². The molecule has 0 saturated carbocycles. The first-order chi connectivity index (χ1) is 16.3. The lowest BCUT2D eigenvalue weighted by molar-refractivity contribution is -0.125. The summed E-state index contributed by atoms with van der Waals surface area (Å²) in [6.07, 6.45) is 0.732. The van der Waals surface area contributed by atoms with Crippen molar-refractivity contribution in [2.45, 2.75) is 32.9 Å². The molecular weight excluding hydrogens is 433 g/mol. The number of halogens is 1. The zero-order chi connectivity index (χ0) is 24.7. The molecule has 0 aromatic heterocycles. The SMILES string of the molecule is COc1cccc([C@@H](Oc2ccc(Nc3ccc(F)cc3)c(C=N)c2)C(C)NC(=O)C(C)C)c1. The molecule has 3 N–H and O–H groups in total. The van der Waals surface area contributed by atoms with Gasteiger partial charge in [-0.05, 0) is 67.1 Å². The summed E-state index contributed by atoms with van der Waals surface area (Å²) in [5.41, 5.74) is 2.84. The molecule has 3 aromatic rings. The van der Waals surface area contributed by atoms with Gasteiger partial charge in [0.15, 0.2) is 0 Å². The van der Waals surface area contributed by atoms with E-state index in [0.29, 0.717) is 28.4 Å². The minimum absolute atomic E-state index is 0.0666. The van der Waals surface area contributed by atoms with Gasteiger partial charge in [-0.3, -0.25) is 4.79 Å². The van der Waals surface area contributed by atoms with Crippen molar-refractivity contribution >= 4 is 23.5 Å². The van der Waals surface area contributed by atoms with Crippen molar-refractivity contribution < 1.29 is 18.7 Å². The fourth-order valence-electron chi connectivity index (χ4n) is 3.43. The molecule has 0 aliphatic carbocycles. The third kappa shape index (κ3) is 6.34. The van der Waals surface area contributed by atoms with E-state index in [4.69, 9.17) is 14.9 Å². The van der Waals surface area contributed by atoms with Crippen LogP contribution in [0.1, 0.15) is 38.0 Å². The van der Waals surface area contributed by atoms with Crippen molar-refractivity contribution in [2.24, 2.45) is 5.92 Å². The van der Waals surface area contributed by atoms with Crippen LogP contribution >= 0.6 is 0 Å². The standard InChI is InChI=1S/C27H30FN3O3/c1-17(2)27(32)30-18(3)26(19-6-5-7-23(14-19)33-4)34-24-12-13-25(20(15-24)16-29)31-22-10-8-21(28)9-11-22/h5-18,26,29,31H,1-4H3,(H,30,32)/t18?,26-/m0/s1. The lowest BCUT2D eigenvalue weighted by atomic mass is 10.0. The summed E-state index contributed by atoms with van der Waals surface area (Å²) in [6.45, 7) is 5.58. The molecule has 34 heavy (non-hydrogen) atoms. The van der Waals surface area contributed by atoms with E-state index in [2.05, 4.69) is 10.6 Å². The first kappa shape index (κ1) is 24.8. The third-order valence-corrected chi connectivity index (χ3v) is 5.34. The molecule has 0 fully saturated rings. The molecule has 0 spiro atoms. The Morgan fingerprint density at radius 2 is 1.74 bits per heavy atom. The van der Waals surface area contributed by atoms with Crippen LogP contribution in [0.3, 0.4) is 0 Å². The molecule has 0 aliphatic rings. The number of hydrogen-bond donors (Lipinski definition) is 3. The molecule has 178 valence electrons. The lowest BCUT2D eigenvalue weighted by Gasteiger charge is -2.27. The van der Waals surface area contributed by atoms with E-state index in [1.54, 1.807) is 37.4 Å². The molecule has 0 saturated heterocycles. The monoisotopic (exact) mass is 463 g/mol. The maximum Gasteiger partial charge on any atom is 0.222 e. The van der Waals surface area contributed by atoms with Gasteiger partial charge in [-0.2, -0.15) is 0 Å². The number of nitrogens with one attached hydrogen (secondary N) is 3. The molecule has 1 amide bonds. The first-order valence-corrected chi connectivity index (χ1v) is 11.1. The number of carbonyl (C=O) groups is 1. The molecule has 7 heteroatoms. The summed E-state index contributed by atoms with van der Waals surface area (Å²) in [6, 6.07) is 18.5. The molecule has 0 aliphatic heterocycles. The van der Waals surface area contributed by atoms with Gasteiger partial charge < -0.3 is 25.5 Å². The van der Waals surface area contributed by atoms with Gasteiger partial charge in [-0.15, -0.1) is 0 Å². The number of methoxy groups -OCH3 is 1. The Morgan fingerprint density at radius 1 is 1.00 bits per heavy atom. The van der Waals surface area contributed by atoms with Crippen molar-refractivity contribution in [3.8, 4) is 11.5 Å². The summed E-state index contributed by atoms with van der Waals surface area (Å²) < 4.78 is 24.9. The second-order valence-electron chi connectivity index (χ2n) is 8.29. The van der Waals surface area contributed by atoms with Gasteiger partial charge in [0.25, 0.3) is 0 Å². The smallest absolute Gasteiger partial charge is 0.222 e. The highest BCUT2D eigenvalue weighted by Gasteiger charge is 2.25. The summed E-state index contributed by atoms with van der Waals surface area (Å²) in [7, 11) is 1.60. The van der Waals surface area contributed by atoms with Crippen LogP contribution in [-0.2, 0) is 4.79 Å². The number of rotatable bonds is 10. The highest BCUT2D eigenvalue weighted by Crippen LogP contribution is 2.31. The van der Waals surface area contributed by atoms with E-state index in [1.165, 1.54) is 18.3 Å². The highest BCUT2D eigenvalue weighted by atomic mass is 19.1. The Morgan fingerprint density at radius 3 is 2.38 bits per heavy atom. The largest absolute Gasteiger partial charge is 0.497 e. The van der Waals surface area contributed by atoms with E-state index in [-0.39, 0.29) is 23.7 Å². The van der Waals surface area contributed by atoms with Gasteiger partial charge in [-0.25, -0.2) is 4.39 Å². The first-order valence-electron chi connectivity index (χ1n) is 11.1. The number of ether oxygens (including phenoxy) is 2. The van der Waals surface area contributed by atoms with E-state index in [0.717, 1.165) is 5.56 Å².